The van der Waals surface area contributed by atoms with Crippen LogP contribution in [0.4, 0.5) is 5.69 Å². The van der Waals surface area contributed by atoms with Crippen LogP contribution < -0.4 is 5.32 Å². The topological polar surface area (TPSA) is 130 Å². The van der Waals surface area contributed by atoms with Gasteiger partial charge < -0.3 is 10.2 Å². The Labute approximate surface area is 198 Å². The van der Waals surface area contributed by atoms with Gasteiger partial charge in [0, 0.05) is 37.8 Å². The number of amides is 2. The van der Waals surface area contributed by atoms with E-state index in [1.54, 1.807) is 18.2 Å². The Hall–Kier alpha value is -3.31. The highest BCUT2D eigenvalue weighted by molar-refractivity contribution is 7.89. The lowest BCUT2D eigenvalue weighted by Gasteiger charge is -2.36. The van der Waals surface area contributed by atoms with Gasteiger partial charge in [0.15, 0.2) is 4.90 Å². The van der Waals surface area contributed by atoms with Crippen molar-refractivity contribution in [2.45, 2.75) is 31.7 Å². The fourth-order valence-electron chi connectivity index (χ4n) is 3.84. The van der Waals surface area contributed by atoms with Crippen LogP contribution in [-0.2, 0) is 14.8 Å². The molecule has 0 aromatic heterocycles. The summed E-state index contributed by atoms with van der Waals surface area (Å²) in [4.78, 5) is 37.6. The van der Waals surface area contributed by atoms with Crippen molar-refractivity contribution in [1.82, 2.24) is 14.5 Å². The van der Waals surface area contributed by atoms with Crippen molar-refractivity contribution in [3.8, 4) is 0 Å². The van der Waals surface area contributed by atoms with E-state index >= 15 is 0 Å². The zero-order valence-electron chi connectivity index (χ0n) is 19.3. The SMILES string of the molecule is Cc1cccc(C(=O)N[C@H](C(=O)N2CCN(S(=O)(=O)c3ccccc3[N+](=O)[O-])CC2)C(C)C)c1. The molecule has 2 amide bonds. The molecule has 1 N–H and O–H groups in total. The molecule has 1 aliphatic heterocycles. The van der Waals surface area contributed by atoms with Crippen LogP contribution in [0.1, 0.15) is 29.8 Å². The van der Waals surface area contributed by atoms with Crippen LogP contribution in [0.3, 0.4) is 0 Å². The van der Waals surface area contributed by atoms with E-state index < -0.39 is 26.7 Å². The third-order valence-corrected chi connectivity index (χ3v) is 7.68. The molecular formula is C23H28N4O6S. The van der Waals surface area contributed by atoms with Crippen molar-refractivity contribution in [2.24, 2.45) is 5.92 Å². The minimum Gasteiger partial charge on any atom is -0.340 e. The van der Waals surface area contributed by atoms with E-state index in [2.05, 4.69) is 5.32 Å². The van der Waals surface area contributed by atoms with Gasteiger partial charge in [0.25, 0.3) is 11.6 Å². The number of sulfonamides is 1. The van der Waals surface area contributed by atoms with Crippen molar-refractivity contribution in [3.05, 3.63) is 69.8 Å². The second kappa shape index (κ2) is 10.3. The molecule has 1 aliphatic rings. The van der Waals surface area contributed by atoms with Crippen LogP contribution >= 0.6 is 0 Å². The number of piperazine rings is 1. The van der Waals surface area contributed by atoms with Crippen LogP contribution in [0.15, 0.2) is 53.4 Å². The third-order valence-electron chi connectivity index (χ3n) is 5.73. The summed E-state index contributed by atoms with van der Waals surface area (Å²) in [5, 5.41) is 14.1. The number of nitro groups is 1. The van der Waals surface area contributed by atoms with Gasteiger partial charge in [-0.2, -0.15) is 4.31 Å². The zero-order chi connectivity index (χ0) is 25.0. The predicted octanol–water partition coefficient (Wildman–Crippen LogP) is 2.19. The fourth-order valence-corrected chi connectivity index (χ4v) is 5.41. The Kier molecular flexibility index (Phi) is 7.68. The monoisotopic (exact) mass is 488 g/mol. The molecule has 2 aromatic rings. The molecule has 10 nitrogen and oxygen atoms in total. The summed E-state index contributed by atoms with van der Waals surface area (Å²) < 4.78 is 27.2. The number of hydrogen-bond donors (Lipinski definition) is 1. The van der Waals surface area contributed by atoms with Crippen LogP contribution in [0.25, 0.3) is 0 Å². The van der Waals surface area contributed by atoms with E-state index in [1.165, 1.54) is 23.1 Å². The number of benzene rings is 2. The zero-order valence-corrected chi connectivity index (χ0v) is 20.1. The van der Waals surface area contributed by atoms with Crippen molar-refractivity contribution in [3.63, 3.8) is 0 Å². The van der Waals surface area contributed by atoms with Crippen molar-refractivity contribution < 1.29 is 22.9 Å². The second-order valence-corrected chi connectivity index (χ2v) is 10.4. The van der Waals surface area contributed by atoms with Crippen molar-refractivity contribution in [2.75, 3.05) is 26.2 Å². The Morgan fingerprint density at radius 1 is 1.03 bits per heavy atom. The Morgan fingerprint density at radius 3 is 2.26 bits per heavy atom. The molecule has 34 heavy (non-hydrogen) atoms. The second-order valence-electron chi connectivity index (χ2n) is 8.52. The molecular weight excluding hydrogens is 460 g/mol. The largest absolute Gasteiger partial charge is 0.340 e. The minimum atomic E-state index is -4.10. The van der Waals surface area contributed by atoms with Crippen LogP contribution in [0.5, 0.6) is 0 Å². The summed E-state index contributed by atoms with van der Waals surface area (Å²) in [6.45, 7) is 5.75. The van der Waals surface area contributed by atoms with E-state index in [4.69, 9.17) is 0 Å². The number of nitrogens with zero attached hydrogens (tertiary/aromatic N) is 3. The number of carbonyl (C=O) groups excluding carboxylic acids is 2. The van der Waals surface area contributed by atoms with Crippen LogP contribution in [-0.4, -0.2) is 66.6 Å². The lowest BCUT2D eigenvalue weighted by Crippen LogP contribution is -2.57. The normalized spacial score (nSPS) is 15.7. The van der Waals surface area contributed by atoms with Gasteiger partial charge in [0.05, 0.1) is 4.92 Å². The molecule has 0 saturated carbocycles. The first-order valence-corrected chi connectivity index (χ1v) is 12.4. The first-order chi connectivity index (χ1) is 16.0. The molecule has 0 aliphatic carbocycles. The Morgan fingerprint density at radius 2 is 1.68 bits per heavy atom. The van der Waals surface area contributed by atoms with E-state index in [1.807, 2.05) is 26.8 Å². The average Bonchev–Trinajstić information content (AvgIpc) is 2.81. The summed E-state index contributed by atoms with van der Waals surface area (Å²) in [5.41, 5.74) is 0.898. The quantitative estimate of drug-likeness (QED) is 0.470. The maximum absolute atomic E-state index is 13.2. The smallest absolute Gasteiger partial charge is 0.289 e. The van der Waals surface area contributed by atoms with E-state index in [0.717, 1.165) is 15.9 Å². The minimum absolute atomic E-state index is 0.00321. The van der Waals surface area contributed by atoms with Gasteiger partial charge in [0.2, 0.25) is 15.9 Å². The molecule has 0 radical (unpaired) electrons. The highest BCUT2D eigenvalue weighted by atomic mass is 32.2. The third kappa shape index (κ3) is 5.42. The summed E-state index contributed by atoms with van der Waals surface area (Å²) >= 11 is 0. The highest BCUT2D eigenvalue weighted by Gasteiger charge is 2.36. The molecule has 1 atom stereocenters. The molecule has 1 saturated heterocycles. The summed E-state index contributed by atoms with van der Waals surface area (Å²) in [7, 11) is -4.10. The van der Waals surface area contributed by atoms with Crippen LogP contribution in [0.2, 0.25) is 0 Å². The Balaban J connectivity index is 1.70. The maximum Gasteiger partial charge on any atom is 0.289 e. The maximum atomic E-state index is 13.2. The summed E-state index contributed by atoms with van der Waals surface area (Å²) in [6, 6.07) is 11.5. The lowest BCUT2D eigenvalue weighted by atomic mass is 10.0. The standard InChI is InChI=1S/C23H28N4O6S/c1-16(2)21(24-22(28)18-8-6-7-17(3)15-18)23(29)25-11-13-26(14-12-25)34(32,33)20-10-5-4-9-19(20)27(30)31/h4-10,15-16,21H,11-14H2,1-3H3,(H,24,28)/t21-/m0/s1. The highest BCUT2D eigenvalue weighted by Crippen LogP contribution is 2.27. The number of carbonyl (C=O) groups is 2. The molecule has 0 spiro atoms. The lowest BCUT2D eigenvalue weighted by molar-refractivity contribution is -0.387. The number of aryl methyl sites for hydroxylation is 1. The number of nitro benzene ring substituents is 1. The van der Waals surface area contributed by atoms with Gasteiger partial charge in [-0.25, -0.2) is 8.42 Å². The predicted molar refractivity (Wildman–Crippen MR) is 126 cm³/mol. The van der Waals surface area contributed by atoms with Crippen molar-refractivity contribution in [1.29, 1.82) is 0 Å². The molecule has 182 valence electrons. The molecule has 2 aromatic carbocycles. The van der Waals surface area contributed by atoms with Crippen LogP contribution in [0, 0.1) is 23.0 Å². The Bertz CT molecular complexity index is 1190. The van der Waals surface area contributed by atoms with E-state index in [9.17, 15) is 28.1 Å². The summed E-state index contributed by atoms with van der Waals surface area (Å²) in [6.07, 6.45) is 0. The number of para-hydroxylation sites is 1. The van der Waals surface area contributed by atoms with Gasteiger partial charge in [-0.15, -0.1) is 0 Å². The molecule has 1 fully saturated rings. The molecule has 3 rings (SSSR count). The van der Waals surface area contributed by atoms with Gasteiger partial charge in [0.1, 0.15) is 6.04 Å². The van der Waals surface area contributed by atoms with Gasteiger partial charge in [-0.1, -0.05) is 43.7 Å². The summed E-state index contributed by atoms with van der Waals surface area (Å²) in [5.74, 6) is -0.831. The van der Waals surface area contributed by atoms with E-state index in [0.29, 0.717) is 5.56 Å². The molecule has 0 unspecified atom stereocenters. The molecule has 0 bridgehead atoms. The number of hydrogen-bond acceptors (Lipinski definition) is 6. The van der Waals surface area contributed by atoms with Gasteiger partial charge in [-0.05, 0) is 31.0 Å². The average molecular weight is 489 g/mol. The van der Waals surface area contributed by atoms with E-state index in [-0.39, 0.29) is 48.8 Å². The first kappa shape index (κ1) is 25.3. The number of nitrogens with one attached hydrogen (secondary N) is 1. The van der Waals surface area contributed by atoms with Gasteiger partial charge in [-0.3, -0.25) is 19.7 Å². The first-order valence-electron chi connectivity index (χ1n) is 10.9. The molecule has 1 heterocycles. The fraction of sp³-hybridized carbons (Fsp3) is 0.391. The number of rotatable bonds is 7. The van der Waals surface area contributed by atoms with Gasteiger partial charge >= 0.3 is 0 Å². The molecule has 11 heteroatoms. The van der Waals surface area contributed by atoms with Crippen molar-refractivity contribution >= 4 is 27.5 Å².